The monoisotopic (exact) mass is 1180 g/mol. The Morgan fingerprint density at radius 1 is 0.373 bits per heavy atom. The Balaban J connectivity index is 3.90. The molecular weight excluding hydrogens is 1050 g/mol. The van der Waals surface area contributed by atoms with Crippen LogP contribution >= 0.6 is 7.82 Å². The molecule has 0 radical (unpaired) electrons. The van der Waals surface area contributed by atoms with E-state index >= 15 is 0 Å². The zero-order valence-corrected chi connectivity index (χ0v) is 54.8. The van der Waals surface area contributed by atoms with Gasteiger partial charge in [-0.05, 0) is 96.3 Å². The van der Waals surface area contributed by atoms with Crippen LogP contribution in [-0.2, 0) is 32.7 Å². The highest BCUT2D eigenvalue weighted by Gasteiger charge is 2.26. The number of phosphoric ester groups is 1. The molecule has 0 amide bonds. The Morgan fingerprint density at radius 2 is 0.663 bits per heavy atom. The molecule has 0 heterocycles. The minimum Gasteiger partial charge on any atom is -0.462 e. The molecule has 0 aromatic rings. The second-order valence-electron chi connectivity index (χ2n) is 23.0. The van der Waals surface area contributed by atoms with Crippen LogP contribution in [0.15, 0.2) is 97.2 Å². The molecule has 0 rings (SSSR count). The molecule has 0 aliphatic carbocycles. The summed E-state index contributed by atoms with van der Waals surface area (Å²) in [5, 5.41) is 0. The summed E-state index contributed by atoms with van der Waals surface area (Å²) in [5.74, 6) is -0.822. The number of carbonyl (C=O) groups is 2. The molecule has 0 aliphatic heterocycles. The van der Waals surface area contributed by atoms with Crippen molar-refractivity contribution in [2.75, 3.05) is 26.4 Å². The molecule has 0 saturated heterocycles. The highest BCUT2D eigenvalue weighted by Crippen LogP contribution is 2.43. The van der Waals surface area contributed by atoms with E-state index < -0.39 is 26.5 Å². The summed E-state index contributed by atoms with van der Waals surface area (Å²) in [6, 6.07) is 0. The lowest BCUT2D eigenvalue weighted by Gasteiger charge is -2.19. The maximum atomic E-state index is 12.8. The lowest BCUT2D eigenvalue weighted by Crippen LogP contribution is -2.29. The van der Waals surface area contributed by atoms with Crippen molar-refractivity contribution >= 4 is 19.8 Å². The largest absolute Gasteiger partial charge is 0.472 e. The van der Waals surface area contributed by atoms with E-state index in [4.69, 9.17) is 24.3 Å². The van der Waals surface area contributed by atoms with Gasteiger partial charge in [0, 0.05) is 19.4 Å². The lowest BCUT2D eigenvalue weighted by atomic mass is 10.0. The molecule has 0 saturated carbocycles. The van der Waals surface area contributed by atoms with Crippen molar-refractivity contribution in [2.24, 2.45) is 5.73 Å². The quantitative estimate of drug-likeness (QED) is 0.0264. The molecule has 83 heavy (non-hydrogen) atoms. The van der Waals surface area contributed by atoms with Crippen molar-refractivity contribution < 1.29 is 37.6 Å². The number of allylic oxidation sites excluding steroid dienone is 16. The molecule has 0 bridgehead atoms. The van der Waals surface area contributed by atoms with Crippen LogP contribution in [-0.4, -0.2) is 49.3 Å². The maximum absolute atomic E-state index is 12.8. The summed E-state index contributed by atoms with van der Waals surface area (Å²) in [7, 11) is -4.40. The fourth-order valence-corrected chi connectivity index (χ4v) is 10.6. The predicted molar refractivity (Wildman–Crippen MR) is 358 cm³/mol. The van der Waals surface area contributed by atoms with Crippen molar-refractivity contribution in [3.8, 4) is 0 Å². The Kier molecular flexibility index (Phi) is 65.5. The molecule has 3 N–H and O–H groups in total. The molecule has 2 unspecified atom stereocenters. The van der Waals surface area contributed by atoms with Gasteiger partial charge in [-0.15, -0.1) is 0 Å². The summed E-state index contributed by atoms with van der Waals surface area (Å²) in [6.45, 7) is 3.66. The van der Waals surface area contributed by atoms with E-state index in [-0.39, 0.29) is 38.6 Å². The molecule has 0 spiro atoms. The van der Waals surface area contributed by atoms with Crippen molar-refractivity contribution in [3.05, 3.63) is 97.2 Å². The van der Waals surface area contributed by atoms with E-state index in [0.717, 1.165) is 89.9 Å². The van der Waals surface area contributed by atoms with Gasteiger partial charge in [0.05, 0.1) is 13.2 Å². The van der Waals surface area contributed by atoms with E-state index in [1.165, 1.54) is 199 Å². The molecule has 480 valence electrons. The number of nitrogens with two attached hydrogens (primary N) is 1. The van der Waals surface area contributed by atoms with Crippen LogP contribution in [0.4, 0.5) is 0 Å². The molecule has 0 aliphatic rings. The number of phosphoric acid groups is 1. The van der Waals surface area contributed by atoms with Gasteiger partial charge < -0.3 is 20.1 Å². The summed E-state index contributed by atoms with van der Waals surface area (Å²) < 4.78 is 33.2. The highest BCUT2D eigenvalue weighted by molar-refractivity contribution is 7.47. The van der Waals surface area contributed by atoms with Crippen molar-refractivity contribution in [3.63, 3.8) is 0 Å². The fraction of sp³-hybridized carbons (Fsp3) is 0.753. The van der Waals surface area contributed by atoms with Gasteiger partial charge in [0.15, 0.2) is 6.10 Å². The maximum Gasteiger partial charge on any atom is 0.472 e. The van der Waals surface area contributed by atoms with Crippen LogP contribution in [0.25, 0.3) is 0 Å². The summed E-state index contributed by atoms with van der Waals surface area (Å²) in [6.07, 6.45) is 92.1. The van der Waals surface area contributed by atoms with Gasteiger partial charge >= 0.3 is 19.8 Å². The molecule has 10 heteroatoms. The van der Waals surface area contributed by atoms with Crippen LogP contribution in [0.1, 0.15) is 322 Å². The first-order valence-electron chi connectivity index (χ1n) is 34.7. The molecule has 2 atom stereocenters. The van der Waals surface area contributed by atoms with E-state index in [2.05, 4.69) is 111 Å². The normalized spacial score (nSPS) is 13.5. The topological polar surface area (TPSA) is 134 Å². The number of esters is 2. The van der Waals surface area contributed by atoms with Gasteiger partial charge in [0.2, 0.25) is 0 Å². The summed E-state index contributed by atoms with van der Waals surface area (Å²) in [5.41, 5.74) is 5.40. The Bertz CT molecular complexity index is 1680. The Morgan fingerprint density at radius 3 is 1.00 bits per heavy atom. The predicted octanol–water partition coefficient (Wildman–Crippen LogP) is 22.7. The van der Waals surface area contributed by atoms with Gasteiger partial charge in [0.25, 0.3) is 0 Å². The van der Waals surface area contributed by atoms with Crippen LogP contribution in [0.5, 0.6) is 0 Å². The zero-order chi connectivity index (χ0) is 60.1. The first-order valence-corrected chi connectivity index (χ1v) is 36.2. The van der Waals surface area contributed by atoms with E-state index in [9.17, 15) is 19.0 Å². The second-order valence-corrected chi connectivity index (χ2v) is 24.5. The number of ether oxygens (including phenoxy) is 2. The summed E-state index contributed by atoms with van der Waals surface area (Å²) >= 11 is 0. The van der Waals surface area contributed by atoms with Gasteiger partial charge in [-0.1, -0.05) is 310 Å². The number of unbranched alkanes of at least 4 members (excludes halogenated alkanes) is 36. The average molecular weight is 1180 g/mol. The minimum absolute atomic E-state index is 0.0504. The van der Waals surface area contributed by atoms with Crippen LogP contribution in [0.2, 0.25) is 0 Å². The second kappa shape index (κ2) is 68.0. The van der Waals surface area contributed by atoms with Crippen LogP contribution in [0.3, 0.4) is 0 Å². The fourth-order valence-electron chi connectivity index (χ4n) is 9.85. The standard InChI is InChI=1S/C73H130NO8P/c1-3-5-7-9-11-13-15-17-19-21-23-25-27-29-31-33-34-35-36-38-40-42-44-46-48-50-52-54-56-58-60-62-64-66-73(76)82-71(70-81-83(77,78)80-68-67-74)69-79-72(75)65-63-61-59-57-55-53-51-49-47-45-43-41-39-37-32-30-28-26-24-22-20-18-16-14-12-10-8-6-4-2/h5,7,11,13,17,19,22-25,29,31,34-35,38,40,71H,3-4,6,8-10,12,14-16,18,20-21,26-28,30,32-33,36-37,39,41-70,74H2,1-2H3,(H,77,78)/b7-5-,13-11-,19-17-,24-22-,25-23-,31-29-,35-34-,40-38-. The number of hydrogen-bond donors (Lipinski definition) is 2. The number of hydrogen-bond acceptors (Lipinski definition) is 8. The van der Waals surface area contributed by atoms with Crippen LogP contribution < -0.4 is 5.73 Å². The highest BCUT2D eigenvalue weighted by atomic mass is 31.2. The van der Waals surface area contributed by atoms with Gasteiger partial charge in [-0.25, -0.2) is 4.57 Å². The van der Waals surface area contributed by atoms with Crippen molar-refractivity contribution in [1.29, 1.82) is 0 Å². The zero-order valence-electron chi connectivity index (χ0n) is 53.9. The third-order valence-electron chi connectivity index (χ3n) is 15.0. The molecule has 0 aromatic heterocycles. The third-order valence-corrected chi connectivity index (χ3v) is 15.9. The van der Waals surface area contributed by atoms with Crippen LogP contribution in [0, 0.1) is 0 Å². The molecule has 0 aromatic carbocycles. The van der Waals surface area contributed by atoms with Crippen molar-refractivity contribution in [2.45, 2.75) is 328 Å². The average Bonchev–Trinajstić information content (AvgIpc) is 3.49. The third kappa shape index (κ3) is 67.9. The number of carbonyl (C=O) groups excluding carboxylic acids is 2. The first-order chi connectivity index (χ1) is 40.8. The smallest absolute Gasteiger partial charge is 0.462 e. The van der Waals surface area contributed by atoms with E-state index in [1.54, 1.807) is 0 Å². The Labute approximate surface area is 512 Å². The summed E-state index contributed by atoms with van der Waals surface area (Å²) in [4.78, 5) is 35.4. The van der Waals surface area contributed by atoms with Crippen molar-refractivity contribution in [1.82, 2.24) is 0 Å². The molecular formula is C73H130NO8P. The minimum atomic E-state index is -4.40. The molecule has 9 nitrogen and oxygen atoms in total. The van der Waals surface area contributed by atoms with E-state index in [1.807, 2.05) is 0 Å². The van der Waals surface area contributed by atoms with Gasteiger partial charge in [0.1, 0.15) is 6.61 Å². The Hall–Kier alpha value is -3.07. The van der Waals surface area contributed by atoms with Gasteiger partial charge in [-0.2, -0.15) is 0 Å². The SMILES string of the molecule is CC/C=C\C/C=C\C/C=C\C/C=C\C/C=C\C/C=C\C/C=C\CCCCCCCCCCCCCC(=O)OC(COC(=O)CCCCCCCCCCCCCCCCCCC/C=C\CCCCCCCCCC)COP(=O)(O)OCCN. The number of rotatable bonds is 65. The lowest BCUT2D eigenvalue weighted by molar-refractivity contribution is -0.161. The van der Waals surface area contributed by atoms with Gasteiger partial charge in [-0.3, -0.25) is 18.6 Å². The van der Waals surface area contributed by atoms with E-state index in [0.29, 0.717) is 6.42 Å². The molecule has 0 fully saturated rings. The first kappa shape index (κ1) is 79.9.